The van der Waals surface area contributed by atoms with Gasteiger partial charge >= 0.3 is 0 Å². The van der Waals surface area contributed by atoms with E-state index in [9.17, 15) is 9.59 Å². The molecule has 0 spiro atoms. The van der Waals surface area contributed by atoms with E-state index in [2.05, 4.69) is 5.32 Å². The van der Waals surface area contributed by atoms with Crippen LogP contribution in [0.2, 0.25) is 0 Å². The van der Waals surface area contributed by atoms with Gasteiger partial charge in [0.15, 0.2) is 0 Å². The zero-order valence-corrected chi connectivity index (χ0v) is 12.9. The summed E-state index contributed by atoms with van der Waals surface area (Å²) < 4.78 is 5.58. The summed E-state index contributed by atoms with van der Waals surface area (Å²) in [6.45, 7) is 9.35. The normalized spacial score (nSPS) is 34.8. The van der Waals surface area contributed by atoms with E-state index >= 15 is 0 Å². The molecule has 0 aliphatic carbocycles. The van der Waals surface area contributed by atoms with Crippen molar-refractivity contribution < 1.29 is 14.3 Å². The Morgan fingerprint density at radius 3 is 2.60 bits per heavy atom. The first-order chi connectivity index (χ1) is 9.45. The Kier molecular flexibility index (Phi) is 4.68. The van der Waals surface area contributed by atoms with Gasteiger partial charge in [-0.3, -0.25) is 9.59 Å². The molecular weight excluding hydrogens is 256 g/mol. The SMILES string of the molecule is CCC1NC(=O)C(C(C)C)N(CC2CCOC2C)C1=O. The highest BCUT2D eigenvalue weighted by molar-refractivity contribution is 5.97. The predicted octanol–water partition coefficient (Wildman–Crippen LogP) is 1.17. The maximum Gasteiger partial charge on any atom is 0.245 e. The fraction of sp³-hybridized carbons (Fsp3) is 0.867. The third-order valence-corrected chi connectivity index (χ3v) is 4.51. The first kappa shape index (κ1) is 15.3. The summed E-state index contributed by atoms with van der Waals surface area (Å²) in [5.74, 6) is 0.501. The highest BCUT2D eigenvalue weighted by Gasteiger charge is 2.43. The van der Waals surface area contributed by atoms with E-state index in [1.165, 1.54) is 0 Å². The Morgan fingerprint density at radius 2 is 2.10 bits per heavy atom. The van der Waals surface area contributed by atoms with Crippen molar-refractivity contribution >= 4 is 11.8 Å². The minimum atomic E-state index is -0.366. The Bertz CT molecular complexity index is 383. The second-order valence-corrected chi connectivity index (χ2v) is 6.27. The number of piperazine rings is 1. The van der Waals surface area contributed by atoms with Crippen LogP contribution in [-0.4, -0.2) is 48.1 Å². The first-order valence-corrected chi connectivity index (χ1v) is 7.68. The molecule has 114 valence electrons. The summed E-state index contributed by atoms with van der Waals surface area (Å²) in [5.41, 5.74) is 0. The smallest absolute Gasteiger partial charge is 0.245 e. The molecule has 2 rings (SSSR count). The largest absolute Gasteiger partial charge is 0.378 e. The standard InChI is InChI=1S/C15H26N2O3/c1-5-12-15(19)17(8-11-6-7-20-10(11)4)13(9(2)3)14(18)16-12/h9-13H,5-8H2,1-4H3,(H,16,18). The van der Waals surface area contributed by atoms with Crippen LogP contribution in [0.4, 0.5) is 0 Å². The number of nitrogens with one attached hydrogen (secondary N) is 1. The Hall–Kier alpha value is -1.10. The lowest BCUT2D eigenvalue weighted by Crippen LogP contribution is -2.65. The molecule has 20 heavy (non-hydrogen) atoms. The van der Waals surface area contributed by atoms with Crippen LogP contribution in [0.5, 0.6) is 0 Å². The fourth-order valence-electron chi connectivity index (χ4n) is 3.21. The van der Waals surface area contributed by atoms with Gasteiger partial charge < -0.3 is 15.0 Å². The summed E-state index contributed by atoms with van der Waals surface area (Å²) in [5, 5.41) is 2.85. The number of nitrogens with zero attached hydrogens (tertiary/aromatic N) is 1. The van der Waals surface area contributed by atoms with E-state index in [4.69, 9.17) is 4.74 Å². The Balaban J connectivity index is 2.18. The molecule has 2 amide bonds. The minimum absolute atomic E-state index is 0.0157. The molecule has 0 aromatic rings. The third kappa shape index (κ3) is 2.82. The molecule has 2 heterocycles. The zero-order valence-electron chi connectivity index (χ0n) is 12.9. The van der Waals surface area contributed by atoms with Gasteiger partial charge in [-0.1, -0.05) is 20.8 Å². The number of amides is 2. The molecule has 1 N–H and O–H groups in total. The van der Waals surface area contributed by atoms with E-state index in [1.54, 1.807) is 4.90 Å². The van der Waals surface area contributed by atoms with Gasteiger partial charge in [0.2, 0.25) is 11.8 Å². The molecule has 4 atom stereocenters. The van der Waals surface area contributed by atoms with Crippen molar-refractivity contribution in [1.29, 1.82) is 0 Å². The molecule has 2 fully saturated rings. The Morgan fingerprint density at radius 1 is 1.40 bits per heavy atom. The number of rotatable bonds is 4. The highest BCUT2D eigenvalue weighted by atomic mass is 16.5. The van der Waals surface area contributed by atoms with Crippen molar-refractivity contribution in [2.75, 3.05) is 13.2 Å². The maximum absolute atomic E-state index is 12.6. The molecule has 0 bridgehead atoms. The van der Waals surface area contributed by atoms with Crippen LogP contribution >= 0.6 is 0 Å². The number of carbonyl (C=O) groups excluding carboxylic acids is 2. The van der Waals surface area contributed by atoms with Crippen LogP contribution in [-0.2, 0) is 14.3 Å². The van der Waals surface area contributed by atoms with Gasteiger partial charge in [-0.15, -0.1) is 0 Å². The van der Waals surface area contributed by atoms with Crippen LogP contribution in [0.25, 0.3) is 0 Å². The van der Waals surface area contributed by atoms with Crippen molar-refractivity contribution in [2.45, 2.75) is 58.7 Å². The minimum Gasteiger partial charge on any atom is -0.378 e. The first-order valence-electron chi connectivity index (χ1n) is 7.68. The van der Waals surface area contributed by atoms with Gasteiger partial charge in [0.25, 0.3) is 0 Å². The van der Waals surface area contributed by atoms with Crippen molar-refractivity contribution in [3.8, 4) is 0 Å². The van der Waals surface area contributed by atoms with Gasteiger partial charge in [-0.25, -0.2) is 0 Å². The molecule has 5 nitrogen and oxygen atoms in total. The highest BCUT2D eigenvalue weighted by Crippen LogP contribution is 2.26. The second-order valence-electron chi connectivity index (χ2n) is 6.27. The molecule has 4 unspecified atom stereocenters. The molecule has 2 aliphatic rings. The lowest BCUT2D eigenvalue weighted by atomic mass is 9.93. The lowest BCUT2D eigenvalue weighted by Gasteiger charge is -2.42. The zero-order chi connectivity index (χ0) is 14.9. The van der Waals surface area contributed by atoms with Gasteiger partial charge in [-0.05, 0) is 25.7 Å². The van der Waals surface area contributed by atoms with Crippen LogP contribution in [0, 0.1) is 11.8 Å². The van der Waals surface area contributed by atoms with Crippen LogP contribution < -0.4 is 5.32 Å². The maximum atomic E-state index is 12.6. The average molecular weight is 282 g/mol. The third-order valence-electron chi connectivity index (χ3n) is 4.51. The molecule has 0 aromatic carbocycles. The summed E-state index contributed by atoms with van der Waals surface area (Å²) in [6, 6.07) is -0.715. The number of carbonyl (C=O) groups is 2. The monoisotopic (exact) mass is 282 g/mol. The average Bonchev–Trinajstić information content (AvgIpc) is 2.78. The van der Waals surface area contributed by atoms with Gasteiger partial charge in [0, 0.05) is 19.1 Å². The van der Waals surface area contributed by atoms with Gasteiger partial charge in [-0.2, -0.15) is 0 Å². The van der Waals surface area contributed by atoms with E-state index in [0.29, 0.717) is 18.9 Å². The Labute approximate surface area is 121 Å². The van der Waals surface area contributed by atoms with Crippen LogP contribution in [0.3, 0.4) is 0 Å². The van der Waals surface area contributed by atoms with Crippen molar-refractivity contribution in [3.63, 3.8) is 0 Å². The summed E-state index contributed by atoms with van der Waals surface area (Å²) in [7, 11) is 0. The van der Waals surface area contributed by atoms with Crippen molar-refractivity contribution in [1.82, 2.24) is 10.2 Å². The fourth-order valence-corrected chi connectivity index (χ4v) is 3.21. The molecule has 0 saturated carbocycles. The van der Waals surface area contributed by atoms with E-state index in [1.807, 2.05) is 27.7 Å². The van der Waals surface area contributed by atoms with Gasteiger partial charge in [0.1, 0.15) is 12.1 Å². The number of ether oxygens (including phenoxy) is 1. The lowest BCUT2D eigenvalue weighted by molar-refractivity contribution is -0.152. The summed E-state index contributed by atoms with van der Waals surface area (Å²) in [6.07, 6.45) is 1.78. The molecule has 2 saturated heterocycles. The summed E-state index contributed by atoms with van der Waals surface area (Å²) in [4.78, 5) is 26.7. The molecule has 5 heteroatoms. The quantitative estimate of drug-likeness (QED) is 0.842. The molecular formula is C15H26N2O3. The van der Waals surface area contributed by atoms with E-state index < -0.39 is 0 Å². The number of hydrogen-bond donors (Lipinski definition) is 1. The molecule has 2 aliphatic heterocycles. The van der Waals surface area contributed by atoms with Crippen LogP contribution in [0.15, 0.2) is 0 Å². The summed E-state index contributed by atoms with van der Waals surface area (Å²) >= 11 is 0. The van der Waals surface area contributed by atoms with Crippen molar-refractivity contribution in [3.05, 3.63) is 0 Å². The molecule has 0 aromatic heterocycles. The van der Waals surface area contributed by atoms with E-state index in [0.717, 1.165) is 13.0 Å². The predicted molar refractivity (Wildman–Crippen MR) is 76.1 cm³/mol. The van der Waals surface area contributed by atoms with Crippen molar-refractivity contribution in [2.24, 2.45) is 11.8 Å². The topological polar surface area (TPSA) is 58.6 Å². The molecule has 0 radical (unpaired) electrons. The number of hydrogen-bond acceptors (Lipinski definition) is 3. The van der Waals surface area contributed by atoms with Crippen LogP contribution in [0.1, 0.15) is 40.5 Å². The van der Waals surface area contributed by atoms with E-state index in [-0.39, 0.29) is 35.9 Å². The van der Waals surface area contributed by atoms with Gasteiger partial charge in [0.05, 0.1) is 6.10 Å². The second kappa shape index (κ2) is 6.12.